The number of rotatable bonds is 2. The predicted molar refractivity (Wildman–Crippen MR) is 67.4 cm³/mol. The average molecular weight is 231 g/mol. The number of carbonyl (C=O) groups excluding carboxylic acids is 1. The second kappa shape index (κ2) is 4.20. The number of aromatic amines is 1. The smallest absolute Gasteiger partial charge is 0.225 e. The lowest BCUT2D eigenvalue weighted by Gasteiger charge is -2.17. The molecule has 0 spiro atoms. The summed E-state index contributed by atoms with van der Waals surface area (Å²) in [4.78, 5) is 11.8. The van der Waals surface area contributed by atoms with Crippen molar-refractivity contribution in [3.63, 3.8) is 0 Å². The Hall–Kier alpha value is -1.84. The van der Waals surface area contributed by atoms with Gasteiger partial charge >= 0.3 is 0 Å². The fourth-order valence-corrected chi connectivity index (χ4v) is 1.58. The van der Waals surface area contributed by atoms with Crippen molar-refractivity contribution in [3.8, 4) is 0 Å². The highest BCUT2D eigenvalue weighted by Gasteiger charge is 2.20. The van der Waals surface area contributed by atoms with E-state index in [4.69, 9.17) is 0 Å². The number of carbonyl (C=O) groups is 1. The van der Waals surface area contributed by atoms with Crippen LogP contribution in [0.3, 0.4) is 0 Å². The zero-order valence-corrected chi connectivity index (χ0v) is 10.4. The molecule has 2 aromatic rings. The van der Waals surface area contributed by atoms with Gasteiger partial charge in [0, 0.05) is 10.8 Å². The summed E-state index contributed by atoms with van der Waals surface area (Å²) in [5.74, 6) is 0.0381. The first-order valence-corrected chi connectivity index (χ1v) is 5.69. The van der Waals surface area contributed by atoms with Crippen LogP contribution in [0.25, 0.3) is 10.9 Å². The molecule has 0 unspecified atom stereocenters. The van der Waals surface area contributed by atoms with E-state index >= 15 is 0 Å². The van der Waals surface area contributed by atoms with Gasteiger partial charge in [0.15, 0.2) is 0 Å². The van der Waals surface area contributed by atoms with E-state index in [2.05, 4.69) is 15.5 Å². The fraction of sp³-hybridized carbons (Fsp3) is 0.385. The monoisotopic (exact) mass is 231 g/mol. The molecule has 0 saturated heterocycles. The predicted octanol–water partition coefficient (Wildman–Crippen LogP) is 2.23. The fourth-order valence-electron chi connectivity index (χ4n) is 1.58. The van der Waals surface area contributed by atoms with E-state index in [1.54, 1.807) is 0 Å². The molecule has 17 heavy (non-hydrogen) atoms. The molecular weight excluding hydrogens is 214 g/mol. The minimum Gasteiger partial charge on any atom is -0.350 e. The second-order valence-corrected chi connectivity index (χ2v) is 5.15. The molecule has 0 aliphatic heterocycles. The molecule has 1 heterocycles. The van der Waals surface area contributed by atoms with Crippen molar-refractivity contribution >= 4 is 16.8 Å². The highest BCUT2D eigenvalue weighted by Crippen LogP contribution is 2.16. The van der Waals surface area contributed by atoms with Crippen molar-refractivity contribution in [2.24, 2.45) is 5.41 Å². The Bertz CT molecular complexity index is 537. The maximum absolute atomic E-state index is 11.8. The van der Waals surface area contributed by atoms with Crippen molar-refractivity contribution in [2.75, 3.05) is 0 Å². The molecule has 1 aromatic carbocycles. The highest BCUT2D eigenvalue weighted by molar-refractivity contribution is 5.83. The van der Waals surface area contributed by atoms with Gasteiger partial charge in [-0.15, -0.1) is 0 Å². The number of amides is 1. The SMILES string of the molecule is CC(C)(C)C(=O)NCc1[nH]nc2ccccc12. The topological polar surface area (TPSA) is 57.8 Å². The second-order valence-electron chi connectivity index (χ2n) is 5.15. The van der Waals surface area contributed by atoms with E-state index in [-0.39, 0.29) is 11.3 Å². The van der Waals surface area contributed by atoms with Gasteiger partial charge in [0.2, 0.25) is 5.91 Å². The van der Waals surface area contributed by atoms with Crippen LogP contribution in [0, 0.1) is 5.41 Å². The van der Waals surface area contributed by atoms with Crippen LogP contribution < -0.4 is 5.32 Å². The molecule has 0 aliphatic carbocycles. The molecule has 0 fully saturated rings. The zero-order valence-electron chi connectivity index (χ0n) is 10.4. The first kappa shape index (κ1) is 11.6. The summed E-state index contributed by atoms with van der Waals surface area (Å²) >= 11 is 0. The van der Waals surface area contributed by atoms with Gasteiger partial charge in [-0.3, -0.25) is 9.89 Å². The quantitative estimate of drug-likeness (QED) is 0.832. The Morgan fingerprint density at radius 3 is 2.76 bits per heavy atom. The number of benzene rings is 1. The van der Waals surface area contributed by atoms with Crippen LogP contribution in [0.5, 0.6) is 0 Å². The maximum Gasteiger partial charge on any atom is 0.225 e. The van der Waals surface area contributed by atoms with Gasteiger partial charge < -0.3 is 5.32 Å². The molecule has 0 radical (unpaired) electrons. The average Bonchev–Trinajstić information content (AvgIpc) is 2.68. The molecule has 4 heteroatoms. The van der Waals surface area contributed by atoms with Gasteiger partial charge in [0.25, 0.3) is 0 Å². The summed E-state index contributed by atoms with van der Waals surface area (Å²) in [6, 6.07) is 7.85. The van der Waals surface area contributed by atoms with Gasteiger partial charge in [0.1, 0.15) is 0 Å². The molecule has 0 bridgehead atoms. The standard InChI is InChI=1S/C13H17N3O/c1-13(2,3)12(17)14-8-11-9-6-4-5-7-10(9)15-16-11/h4-7H,8H2,1-3H3,(H,14,17)(H,15,16). The molecule has 2 rings (SSSR count). The number of nitrogens with one attached hydrogen (secondary N) is 2. The van der Waals surface area contributed by atoms with Crippen LogP contribution in [0.15, 0.2) is 24.3 Å². The molecule has 1 aromatic heterocycles. The van der Waals surface area contributed by atoms with Crippen molar-refractivity contribution in [3.05, 3.63) is 30.0 Å². The number of H-pyrrole nitrogens is 1. The number of hydrogen-bond donors (Lipinski definition) is 2. The summed E-state index contributed by atoms with van der Waals surface area (Å²) in [6.07, 6.45) is 0. The lowest BCUT2D eigenvalue weighted by Crippen LogP contribution is -2.34. The van der Waals surface area contributed by atoms with Crippen LogP contribution in [0.2, 0.25) is 0 Å². The van der Waals surface area contributed by atoms with Gasteiger partial charge in [-0.2, -0.15) is 5.10 Å². The number of aromatic nitrogens is 2. The van der Waals surface area contributed by atoms with Crippen LogP contribution in [-0.4, -0.2) is 16.1 Å². The Morgan fingerprint density at radius 1 is 1.35 bits per heavy atom. The lowest BCUT2D eigenvalue weighted by atomic mass is 9.96. The molecule has 2 N–H and O–H groups in total. The number of hydrogen-bond acceptors (Lipinski definition) is 2. The van der Waals surface area contributed by atoms with Crippen LogP contribution in [0.4, 0.5) is 0 Å². The number of fused-ring (bicyclic) bond motifs is 1. The summed E-state index contributed by atoms with van der Waals surface area (Å²) < 4.78 is 0. The van der Waals surface area contributed by atoms with Crippen molar-refractivity contribution in [2.45, 2.75) is 27.3 Å². The van der Waals surface area contributed by atoms with Crippen LogP contribution in [-0.2, 0) is 11.3 Å². The Balaban J connectivity index is 2.12. The van der Waals surface area contributed by atoms with Crippen molar-refractivity contribution in [1.29, 1.82) is 0 Å². The van der Waals surface area contributed by atoms with Crippen LogP contribution >= 0.6 is 0 Å². The lowest BCUT2D eigenvalue weighted by molar-refractivity contribution is -0.128. The third-order valence-electron chi connectivity index (χ3n) is 2.65. The van der Waals surface area contributed by atoms with Gasteiger partial charge in [-0.25, -0.2) is 0 Å². The van der Waals surface area contributed by atoms with E-state index in [9.17, 15) is 4.79 Å². The molecule has 0 aliphatic rings. The van der Waals surface area contributed by atoms with E-state index in [1.807, 2.05) is 45.0 Å². The molecule has 1 amide bonds. The Morgan fingerprint density at radius 2 is 2.06 bits per heavy atom. The summed E-state index contributed by atoms with van der Waals surface area (Å²) in [6.45, 7) is 6.17. The van der Waals surface area contributed by atoms with Crippen molar-refractivity contribution < 1.29 is 4.79 Å². The highest BCUT2D eigenvalue weighted by atomic mass is 16.2. The van der Waals surface area contributed by atoms with E-state index in [0.29, 0.717) is 6.54 Å². The number of nitrogens with zero attached hydrogens (tertiary/aromatic N) is 1. The minimum atomic E-state index is -0.365. The molecular formula is C13H17N3O. The van der Waals surface area contributed by atoms with Gasteiger partial charge in [-0.05, 0) is 6.07 Å². The third kappa shape index (κ3) is 2.46. The van der Waals surface area contributed by atoms with Crippen molar-refractivity contribution in [1.82, 2.24) is 15.5 Å². The largest absolute Gasteiger partial charge is 0.350 e. The van der Waals surface area contributed by atoms with E-state index < -0.39 is 0 Å². The minimum absolute atomic E-state index is 0.0381. The molecule has 0 saturated carbocycles. The normalized spacial score (nSPS) is 11.7. The molecule has 4 nitrogen and oxygen atoms in total. The first-order chi connectivity index (χ1) is 7.98. The maximum atomic E-state index is 11.8. The van der Waals surface area contributed by atoms with E-state index in [0.717, 1.165) is 16.6 Å². The molecule has 0 atom stereocenters. The summed E-state index contributed by atoms with van der Waals surface area (Å²) in [7, 11) is 0. The van der Waals surface area contributed by atoms with Crippen LogP contribution in [0.1, 0.15) is 26.5 Å². The zero-order chi connectivity index (χ0) is 12.5. The number of para-hydroxylation sites is 1. The van der Waals surface area contributed by atoms with E-state index in [1.165, 1.54) is 0 Å². The Kier molecular flexibility index (Phi) is 2.88. The Labute approximate surface area is 100 Å². The molecule has 90 valence electrons. The van der Waals surface area contributed by atoms with Gasteiger partial charge in [-0.1, -0.05) is 39.0 Å². The summed E-state index contributed by atoms with van der Waals surface area (Å²) in [5, 5.41) is 11.1. The first-order valence-electron chi connectivity index (χ1n) is 5.69. The summed E-state index contributed by atoms with van der Waals surface area (Å²) in [5.41, 5.74) is 1.50. The van der Waals surface area contributed by atoms with Gasteiger partial charge in [0.05, 0.1) is 17.8 Å². The third-order valence-corrected chi connectivity index (χ3v) is 2.65.